The second kappa shape index (κ2) is 4.93. The quantitative estimate of drug-likeness (QED) is 0.652. The molecule has 0 aliphatic rings. The highest BCUT2D eigenvalue weighted by atomic mass is 32.2. The van der Waals surface area contributed by atoms with Crippen LogP contribution >= 0.6 is 11.8 Å². The van der Waals surface area contributed by atoms with Gasteiger partial charge in [0.1, 0.15) is 0 Å². The zero-order chi connectivity index (χ0) is 9.68. The van der Waals surface area contributed by atoms with Gasteiger partial charge >= 0.3 is 0 Å². The molecule has 0 saturated heterocycles. The topological polar surface area (TPSA) is 0 Å². The van der Waals surface area contributed by atoms with Crippen molar-refractivity contribution < 1.29 is 0 Å². The molecule has 0 saturated carbocycles. The van der Waals surface area contributed by atoms with Crippen molar-refractivity contribution in [2.75, 3.05) is 6.26 Å². The molecule has 1 heteroatoms. The van der Waals surface area contributed by atoms with Gasteiger partial charge in [0.2, 0.25) is 0 Å². The summed E-state index contributed by atoms with van der Waals surface area (Å²) in [5.41, 5.74) is 2.56. The minimum atomic E-state index is 1.26. The highest BCUT2D eigenvalue weighted by Gasteiger charge is 1.97. The lowest BCUT2D eigenvalue weighted by Gasteiger charge is -2.03. The van der Waals surface area contributed by atoms with Crippen LogP contribution in [0.25, 0.3) is 4.91 Å². The summed E-state index contributed by atoms with van der Waals surface area (Å²) in [5, 5.41) is 0. The van der Waals surface area contributed by atoms with E-state index in [4.69, 9.17) is 0 Å². The van der Waals surface area contributed by atoms with Crippen molar-refractivity contribution in [2.24, 2.45) is 0 Å². The summed E-state index contributed by atoms with van der Waals surface area (Å²) in [6.45, 7) is 5.81. The van der Waals surface area contributed by atoms with Crippen LogP contribution in [-0.2, 0) is 0 Å². The Balaban J connectivity index is 3.05. The van der Waals surface area contributed by atoms with Crippen molar-refractivity contribution in [2.45, 2.75) is 6.92 Å². The first-order valence-electron chi connectivity index (χ1n) is 4.21. The number of benzene rings is 1. The lowest BCUT2D eigenvalue weighted by molar-refractivity contribution is 1.46. The minimum absolute atomic E-state index is 1.26. The highest BCUT2D eigenvalue weighted by molar-refractivity contribution is 8.07. The molecule has 0 nitrogen and oxygen atoms in total. The molecule has 0 unspecified atom stereocenters. The van der Waals surface area contributed by atoms with E-state index in [1.54, 1.807) is 11.8 Å². The molecule has 0 aliphatic heterocycles. The van der Waals surface area contributed by atoms with E-state index in [0.29, 0.717) is 0 Å². The van der Waals surface area contributed by atoms with Gasteiger partial charge in [-0.3, -0.25) is 0 Å². The number of aryl methyl sites for hydroxylation is 1. The van der Waals surface area contributed by atoms with Crippen LogP contribution < -0.4 is 0 Å². The molecular weight excluding hydrogens is 176 g/mol. The van der Waals surface area contributed by atoms with Crippen molar-refractivity contribution in [3.8, 4) is 0 Å². The van der Waals surface area contributed by atoms with E-state index in [2.05, 4.69) is 44.0 Å². The van der Waals surface area contributed by atoms with Crippen LogP contribution in [0.3, 0.4) is 0 Å². The van der Waals surface area contributed by atoms with Gasteiger partial charge in [0.15, 0.2) is 0 Å². The molecule has 68 valence electrons. The predicted octanol–water partition coefficient (Wildman–Crippen LogP) is 3.88. The van der Waals surface area contributed by atoms with E-state index in [-0.39, 0.29) is 0 Å². The summed E-state index contributed by atoms with van der Waals surface area (Å²) in [5.74, 6) is 0. The maximum Gasteiger partial charge on any atom is 0.0141 e. The Labute approximate surface area is 84.4 Å². The molecule has 0 heterocycles. The molecule has 0 fully saturated rings. The Bertz CT molecular complexity index is 324. The molecule has 0 radical (unpaired) electrons. The summed E-state index contributed by atoms with van der Waals surface area (Å²) >= 11 is 1.75. The fourth-order valence-electron chi connectivity index (χ4n) is 1.19. The van der Waals surface area contributed by atoms with Gasteiger partial charge in [-0.1, -0.05) is 42.5 Å². The SMILES string of the molecule is C=C/C=C(\SC)c1cccc(C)c1. The van der Waals surface area contributed by atoms with E-state index in [0.717, 1.165) is 0 Å². The second-order valence-corrected chi connectivity index (χ2v) is 3.69. The monoisotopic (exact) mass is 190 g/mol. The summed E-state index contributed by atoms with van der Waals surface area (Å²) in [6.07, 6.45) is 5.95. The van der Waals surface area contributed by atoms with Gasteiger partial charge in [0.05, 0.1) is 0 Å². The molecule has 1 aromatic carbocycles. The molecule has 13 heavy (non-hydrogen) atoms. The van der Waals surface area contributed by atoms with Gasteiger partial charge in [-0.25, -0.2) is 0 Å². The van der Waals surface area contributed by atoms with Gasteiger partial charge < -0.3 is 0 Å². The lowest BCUT2D eigenvalue weighted by Crippen LogP contribution is -1.80. The van der Waals surface area contributed by atoms with Crippen molar-refractivity contribution in [3.63, 3.8) is 0 Å². The van der Waals surface area contributed by atoms with Crippen LogP contribution in [0.5, 0.6) is 0 Å². The smallest absolute Gasteiger partial charge is 0.0141 e. The van der Waals surface area contributed by atoms with Gasteiger partial charge in [-0.15, -0.1) is 11.8 Å². The van der Waals surface area contributed by atoms with E-state index in [1.165, 1.54) is 16.0 Å². The molecule has 1 rings (SSSR count). The molecule has 0 aliphatic carbocycles. The Hall–Kier alpha value is -0.950. The van der Waals surface area contributed by atoms with E-state index in [9.17, 15) is 0 Å². The normalized spacial score (nSPS) is 11.4. The lowest BCUT2D eigenvalue weighted by atomic mass is 10.1. The summed E-state index contributed by atoms with van der Waals surface area (Å²) in [4.78, 5) is 1.26. The average molecular weight is 190 g/mol. The molecular formula is C12H14S. The first-order chi connectivity index (χ1) is 6.27. The maximum atomic E-state index is 3.71. The Kier molecular flexibility index (Phi) is 3.84. The molecule has 0 amide bonds. The summed E-state index contributed by atoms with van der Waals surface area (Å²) in [7, 11) is 0. The Morgan fingerprint density at radius 3 is 2.77 bits per heavy atom. The highest BCUT2D eigenvalue weighted by Crippen LogP contribution is 2.25. The standard InChI is InChI=1S/C12H14S/c1-4-6-12(13-3)11-8-5-7-10(2)9-11/h4-9H,1H2,2-3H3/b12-6-. The average Bonchev–Trinajstić information content (AvgIpc) is 2.14. The summed E-state index contributed by atoms with van der Waals surface area (Å²) < 4.78 is 0. The number of allylic oxidation sites excluding steroid dienone is 2. The van der Waals surface area contributed by atoms with Gasteiger partial charge in [0, 0.05) is 4.91 Å². The van der Waals surface area contributed by atoms with Gasteiger partial charge in [0.25, 0.3) is 0 Å². The Morgan fingerprint density at radius 1 is 1.46 bits per heavy atom. The number of thioether (sulfide) groups is 1. The molecule has 0 atom stereocenters. The number of hydrogen-bond acceptors (Lipinski definition) is 1. The van der Waals surface area contributed by atoms with E-state index in [1.807, 2.05) is 12.2 Å². The first kappa shape index (κ1) is 10.1. The third kappa shape index (κ3) is 2.78. The largest absolute Gasteiger partial charge is 0.129 e. The first-order valence-corrected chi connectivity index (χ1v) is 5.44. The van der Waals surface area contributed by atoms with Gasteiger partial charge in [-0.2, -0.15) is 0 Å². The predicted molar refractivity (Wildman–Crippen MR) is 62.9 cm³/mol. The Morgan fingerprint density at radius 2 is 2.23 bits per heavy atom. The van der Waals surface area contributed by atoms with Crippen LogP contribution in [0, 0.1) is 6.92 Å². The fraction of sp³-hybridized carbons (Fsp3) is 0.167. The van der Waals surface area contributed by atoms with Crippen molar-refractivity contribution in [1.82, 2.24) is 0 Å². The van der Waals surface area contributed by atoms with Crippen LogP contribution in [0.15, 0.2) is 43.0 Å². The van der Waals surface area contributed by atoms with Crippen molar-refractivity contribution >= 4 is 16.7 Å². The molecule has 1 aromatic rings. The minimum Gasteiger partial charge on any atom is -0.129 e. The van der Waals surface area contributed by atoms with Crippen LogP contribution in [-0.4, -0.2) is 6.26 Å². The number of hydrogen-bond donors (Lipinski definition) is 0. The van der Waals surface area contributed by atoms with Crippen LogP contribution in [0.1, 0.15) is 11.1 Å². The van der Waals surface area contributed by atoms with Crippen molar-refractivity contribution in [3.05, 3.63) is 54.1 Å². The zero-order valence-electron chi connectivity index (χ0n) is 8.08. The van der Waals surface area contributed by atoms with E-state index < -0.39 is 0 Å². The second-order valence-electron chi connectivity index (χ2n) is 2.84. The maximum absolute atomic E-state index is 3.71. The van der Waals surface area contributed by atoms with E-state index >= 15 is 0 Å². The molecule has 0 spiro atoms. The summed E-state index contributed by atoms with van der Waals surface area (Å²) in [6, 6.07) is 8.50. The fourth-order valence-corrected chi connectivity index (χ4v) is 1.78. The molecule has 0 N–H and O–H groups in total. The third-order valence-corrected chi connectivity index (χ3v) is 2.60. The molecule has 0 bridgehead atoms. The van der Waals surface area contributed by atoms with Crippen molar-refractivity contribution in [1.29, 1.82) is 0 Å². The zero-order valence-corrected chi connectivity index (χ0v) is 8.90. The van der Waals surface area contributed by atoms with Crippen LogP contribution in [0.2, 0.25) is 0 Å². The van der Waals surface area contributed by atoms with Gasteiger partial charge in [-0.05, 0) is 24.8 Å². The molecule has 0 aromatic heterocycles. The third-order valence-electron chi connectivity index (χ3n) is 1.79. The number of rotatable bonds is 3. The van der Waals surface area contributed by atoms with Crippen LogP contribution in [0.4, 0.5) is 0 Å².